The van der Waals surface area contributed by atoms with Gasteiger partial charge in [0.15, 0.2) is 0 Å². The van der Waals surface area contributed by atoms with Gasteiger partial charge in [-0.2, -0.15) is 0 Å². The summed E-state index contributed by atoms with van der Waals surface area (Å²) in [6, 6.07) is 18.1. The Kier molecular flexibility index (Phi) is 2.73. The van der Waals surface area contributed by atoms with Gasteiger partial charge in [-0.15, -0.1) is 0 Å². The first kappa shape index (κ1) is 11.2. The zero-order valence-corrected chi connectivity index (χ0v) is 10.8. The predicted molar refractivity (Wildman–Crippen MR) is 78.3 cm³/mol. The Morgan fingerprint density at radius 1 is 0.944 bits per heavy atom. The average Bonchev–Trinajstić information content (AvgIpc) is 2.39. The van der Waals surface area contributed by atoms with Gasteiger partial charge in [0.1, 0.15) is 0 Å². The van der Waals surface area contributed by atoms with Crippen molar-refractivity contribution in [1.82, 2.24) is 0 Å². The van der Waals surface area contributed by atoms with Gasteiger partial charge in [0, 0.05) is 10.3 Å². The van der Waals surface area contributed by atoms with Crippen LogP contribution in [-0.4, -0.2) is 0 Å². The molecule has 0 aliphatic carbocycles. The Hall–Kier alpha value is -1.93. The molecule has 18 heavy (non-hydrogen) atoms. The van der Waals surface area contributed by atoms with Crippen molar-refractivity contribution in [2.75, 3.05) is 0 Å². The van der Waals surface area contributed by atoms with Gasteiger partial charge in [-0.25, -0.2) is 0 Å². The predicted octanol–water partition coefficient (Wildman–Crippen LogP) is 4.24. The van der Waals surface area contributed by atoms with Crippen molar-refractivity contribution in [2.24, 2.45) is 0 Å². The molecule has 2 heteroatoms. The number of rotatable bonds is 1. The summed E-state index contributed by atoms with van der Waals surface area (Å²) in [6.45, 7) is 2.06. The Morgan fingerprint density at radius 3 is 2.44 bits per heavy atom. The van der Waals surface area contributed by atoms with E-state index in [9.17, 15) is 4.79 Å². The summed E-state index contributed by atoms with van der Waals surface area (Å²) < 4.78 is 0.128. The molecule has 1 heterocycles. The van der Waals surface area contributed by atoms with E-state index in [2.05, 4.69) is 37.3 Å². The number of aryl methyl sites for hydroxylation is 1. The van der Waals surface area contributed by atoms with Gasteiger partial charge in [-0.1, -0.05) is 59.4 Å². The molecule has 2 aromatic carbocycles. The van der Waals surface area contributed by atoms with Crippen LogP contribution in [0.4, 0.5) is 0 Å². The Bertz CT molecular complexity index is 754. The van der Waals surface area contributed by atoms with E-state index in [4.69, 9.17) is 0 Å². The molecule has 0 radical (unpaired) electrons. The van der Waals surface area contributed by atoms with E-state index < -0.39 is 0 Å². The van der Waals surface area contributed by atoms with Gasteiger partial charge in [0.05, 0.1) is 0 Å². The molecule has 0 amide bonds. The van der Waals surface area contributed by atoms with E-state index >= 15 is 0 Å². The first-order valence-electron chi connectivity index (χ1n) is 5.84. The normalized spacial score (nSPS) is 10.7. The standard InChI is InChI=1S/C16H12OS/c1-11-6-8-12(9-7-11)15-10-13-4-2-3-5-14(13)16(17)18-15/h2-10H,1H3. The highest BCUT2D eigenvalue weighted by molar-refractivity contribution is 7.13. The number of benzene rings is 2. The molecular formula is C16H12OS. The van der Waals surface area contributed by atoms with Gasteiger partial charge in [-0.3, -0.25) is 4.79 Å². The second-order valence-corrected chi connectivity index (χ2v) is 5.37. The van der Waals surface area contributed by atoms with Crippen LogP contribution in [0.5, 0.6) is 0 Å². The largest absolute Gasteiger partial charge is 0.277 e. The number of hydrogen-bond acceptors (Lipinski definition) is 2. The van der Waals surface area contributed by atoms with Crippen LogP contribution in [0.25, 0.3) is 21.2 Å². The second-order valence-electron chi connectivity index (χ2n) is 4.35. The molecule has 0 saturated heterocycles. The molecular weight excluding hydrogens is 240 g/mol. The summed E-state index contributed by atoms with van der Waals surface area (Å²) in [6.07, 6.45) is 0. The maximum atomic E-state index is 12.1. The Balaban J connectivity index is 2.24. The van der Waals surface area contributed by atoms with Crippen molar-refractivity contribution in [2.45, 2.75) is 6.92 Å². The molecule has 0 bridgehead atoms. The molecule has 0 N–H and O–H groups in total. The summed E-state index contributed by atoms with van der Waals surface area (Å²) in [4.78, 5) is 13.1. The monoisotopic (exact) mass is 252 g/mol. The first-order chi connectivity index (χ1) is 8.74. The van der Waals surface area contributed by atoms with Crippen LogP contribution < -0.4 is 4.74 Å². The van der Waals surface area contributed by atoms with Crippen molar-refractivity contribution in [1.29, 1.82) is 0 Å². The lowest BCUT2D eigenvalue weighted by molar-refractivity contribution is 1.48. The quantitative estimate of drug-likeness (QED) is 0.633. The molecule has 0 spiro atoms. The third-order valence-electron chi connectivity index (χ3n) is 3.01. The number of hydrogen-bond donors (Lipinski definition) is 0. The summed E-state index contributed by atoms with van der Waals surface area (Å²) in [7, 11) is 0. The van der Waals surface area contributed by atoms with E-state index in [-0.39, 0.29) is 4.74 Å². The third-order valence-corrected chi connectivity index (χ3v) is 3.98. The molecule has 0 aliphatic rings. The van der Waals surface area contributed by atoms with Crippen molar-refractivity contribution >= 4 is 22.1 Å². The highest BCUT2D eigenvalue weighted by Crippen LogP contribution is 2.25. The highest BCUT2D eigenvalue weighted by Gasteiger charge is 2.04. The third kappa shape index (κ3) is 1.95. The van der Waals surface area contributed by atoms with Crippen LogP contribution >= 0.6 is 11.3 Å². The molecule has 0 saturated carbocycles. The van der Waals surface area contributed by atoms with Gasteiger partial charge >= 0.3 is 0 Å². The maximum absolute atomic E-state index is 12.1. The minimum Gasteiger partial charge on any atom is -0.277 e. The average molecular weight is 252 g/mol. The van der Waals surface area contributed by atoms with Gasteiger partial charge in [-0.05, 0) is 30.0 Å². The van der Waals surface area contributed by atoms with E-state index in [0.29, 0.717) is 0 Å². The van der Waals surface area contributed by atoms with Gasteiger partial charge in [0.2, 0.25) is 4.74 Å². The summed E-state index contributed by atoms with van der Waals surface area (Å²) in [5.74, 6) is 0. The van der Waals surface area contributed by atoms with Crippen LogP contribution in [0.15, 0.2) is 59.4 Å². The van der Waals surface area contributed by atoms with Crippen LogP contribution in [0, 0.1) is 6.92 Å². The lowest BCUT2D eigenvalue weighted by Gasteiger charge is -2.03. The van der Waals surface area contributed by atoms with E-state index in [1.807, 2.05) is 24.3 Å². The molecule has 0 fully saturated rings. The zero-order valence-electron chi connectivity index (χ0n) is 10.0. The van der Waals surface area contributed by atoms with Crippen LogP contribution in [-0.2, 0) is 0 Å². The van der Waals surface area contributed by atoms with Crippen LogP contribution in [0.3, 0.4) is 0 Å². The minimum absolute atomic E-state index is 0.128. The molecule has 88 valence electrons. The fourth-order valence-corrected chi connectivity index (χ4v) is 2.93. The lowest BCUT2D eigenvalue weighted by Crippen LogP contribution is -1.95. The van der Waals surface area contributed by atoms with Gasteiger partial charge in [0.25, 0.3) is 0 Å². The molecule has 0 unspecified atom stereocenters. The van der Waals surface area contributed by atoms with E-state index in [1.54, 1.807) is 0 Å². The molecule has 0 atom stereocenters. The van der Waals surface area contributed by atoms with Gasteiger partial charge < -0.3 is 0 Å². The van der Waals surface area contributed by atoms with Crippen molar-refractivity contribution in [3.8, 4) is 10.4 Å². The molecule has 1 nitrogen and oxygen atoms in total. The second kappa shape index (κ2) is 4.39. The highest BCUT2D eigenvalue weighted by atomic mass is 32.1. The van der Waals surface area contributed by atoms with Crippen molar-refractivity contribution in [3.05, 3.63) is 69.7 Å². The van der Waals surface area contributed by atoms with E-state index in [0.717, 1.165) is 21.2 Å². The minimum atomic E-state index is 0.128. The smallest absolute Gasteiger partial charge is 0.240 e. The number of fused-ring (bicyclic) bond motifs is 1. The van der Waals surface area contributed by atoms with Crippen molar-refractivity contribution in [3.63, 3.8) is 0 Å². The fraction of sp³-hybridized carbons (Fsp3) is 0.0625. The Labute approximate surface area is 109 Å². The topological polar surface area (TPSA) is 17.1 Å². The molecule has 3 rings (SSSR count). The Morgan fingerprint density at radius 2 is 1.67 bits per heavy atom. The molecule has 3 aromatic rings. The zero-order chi connectivity index (χ0) is 12.5. The van der Waals surface area contributed by atoms with Crippen LogP contribution in [0.1, 0.15) is 5.56 Å². The summed E-state index contributed by atoms with van der Waals surface area (Å²) in [5.41, 5.74) is 2.33. The fourth-order valence-electron chi connectivity index (χ4n) is 1.99. The molecule has 0 aliphatic heterocycles. The summed E-state index contributed by atoms with van der Waals surface area (Å²) >= 11 is 1.31. The first-order valence-corrected chi connectivity index (χ1v) is 6.65. The van der Waals surface area contributed by atoms with Crippen LogP contribution in [0.2, 0.25) is 0 Å². The van der Waals surface area contributed by atoms with Crippen molar-refractivity contribution < 1.29 is 0 Å². The maximum Gasteiger partial charge on any atom is 0.240 e. The lowest BCUT2D eigenvalue weighted by atomic mass is 10.1. The summed E-state index contributed by atoms with van der Waals surface area (Å²) in [5, 5.41) is 1.81. The van der Waals surface area contributed by atoms with E-state index in [1.165, 1.54) is 16.9 Å². The SMILES string of the molecule is Cc1ccc(-c2cc3ccccc3c(=O)s2)cc1. The molecule has 1 aromatic heterocycles.